The lowest BCUT2D eigenvalue weighted by atomic mass is 10.1. The van der Waals surface area contributed by atoms with Gasteiger partial charge in [-0.15, -0.1) is 0 Å². The number of aromatic nitrogens is 4. The number of benzene rings is 1. The molecule has 1 aromatic heterocycles. The van der Waals surface area contributed by atoms with Crippen LogP contribution >= 0.6 is 11.6 Å². The van der Waals surface area contributed by atoms with Gasteiger partial charge < -0.3 is 9.72 Å². The normalized spacial score (nSPS) is 11.2. The first kappa shape index (κ1) is 13.8. The second kappa shape index (κ2) is 5.10. The van der Waals surface area contributed by atoms with Crippen molar-refractivity contribution in [1.29, 1.82) is 0 Å². The van der Waals surface area contributed by atoms with Crippen molar-refractivity contribution in [3.63, 3.8) is 0 Å². The van der Waals surface area contributed by atoms with Crippen LogP contribution in [0.25, 0.3) is 27.8 Å². The van der Waals surface area contributed by atoms with Gasteiger partial charge in [0.15, 0.2) is 0 Å². The number of halogens is 1. The monoisotopic (exact) mass is 326 g/mol. The standard InChI is InChI=1S/C16H11ClN4O2/c1-23-14-7-10(4-5-18-14)21-16(22)12-8-19-13-3-2-9(17)6-11(13)15(12)20-21/h2-8,19H,1H3. The van der Waals surface area contributed by atoms with Crippen molar-refractivity contribution in [2.24, 2.45) is 0 Å². The van der Waals surface area contributed by atoms with E-state index in [9.17, 15) is 4.79 Å². The molecule has 2 aromatic rings. The van der Waals surface area contributed by atoms with Crippen molar-refractivity contribution in [3.05, 3.63) is 58.1 Å². The molecule has 0 aliphatic carbocycles. The van der Waals surface area contributed by atoms with Gasteiger partial charge in [0.05, 0.1) is 18.4 Å². The summed E-state index contributed by atoms with van der Waals surface area (Å²) < 4.78 is 6.43. The van der Waals surface area contributed by atoms with Crippen LogP contribution < -0.4 is 10.3 Å². The summed E-state index contributed by atoms with van der Waals surface area (Å²) in [4.78, 5) is 19.8. The number of nitrogens with one attached hydrogen (secondary N) is 1. The summed E-state index contributed by atoms with van der Waals surface area (Å²) in [6.45, 7) is 0. The first-order chi connectivity index (χ1) is 11.2. The molecule has 0 amide bonds. The van der Waals surface area contributed by atoms with Crippen LogP contribution in [0.3, 0.4) is 0 Å². The second-order valence-electron chi connectivity index (χ2n) is 5.01. The number of aromatic amines is 1. The topological polar surface area (TPSA) is 72.8 Å². The number of ether oxygens (including phenoxy) is 1. The molecule has 1 aromatic carbocycles. The minimum absolute atomic E-state index is 0.216. The average Bonchev–Trinajstić information content (AvgIpc) is 2.92. The highest BCUT2D eigenvalue weighted by molar-refractivity contribution is 6.31. The molecule has 2 aliphatic heterocycles. The molecule has 0 bridgehead atoms. The summed E-state index contributed by atoms with van der Waals surface area (Å²) >= 11 is 6.07. The molecule has 0 spiro atoms. The molecule has 23 heavy (non-hydrogen) atoms. The van der Waals surface area contributed by atoms with E-state index in [0.717, 1.165) is 10.9 Å². The Kier molecular flexibility index (Phi) is 3.06. The molecule has 6 nitrogen and oxygen atoms in total. The van der Waals surface area contributed by atoms with Crippen molar-refractivity contribution < 1.29 is 4.74 Å². The summed E-state index contributed by atoms with van der Waals surface area (Å²) in [6, 6.07) is 8.80. The molecule has 4 rings (SSSR count). The Morgan fingerprint density at radius 1 is 1.26 bits per heavy atom. The molecule has 0 fully saturated rings. The van der Waals surface area contributed by atoms with E-state index in [1.54, 1.807) is 36.7 Å². The molecule has 3 heterocycles. The molecule has 0 radical (unpaired) electrons. The smallest absolute Gasteiger partial charge is 0.282 e. The van der Waals surface area contributed by atoms with E-state index < -0.39 is 0 Å². The Hall–Kier alpha value is -2.86. The highest BCUT2D eigenvalue weighted by Crippen LogP contribution is 2.28. The van der Waals surface area contributed by atoms with Crippen LogP contribution in [0.15, 0.2) is 47.5 Å². The van der Waals surface area contributed by atoms with E-state index in [0.29, 0.717) is 27.8 Å². The van der Waals surface area contributed by atoms with Crippen LogP contribution in [0, 0.1) is 0 Å². The maximum atomic E-state index is 12.6. The van der Waals surface area contributed by atoms with Gasteiger partial charge in [-0.25, -0.2) is 4.98 Å². The van der Waals surface area contributed by atoms with Gasteiger partial charge in [0.1, 0.15) is 5.69 Å². The predicted octanol–water partition coefficient (Wildman–Crippen LogP) is 2.88. The van der Waals surface area contributed by atoms with Gasteiger partial charge >= 0.3 is 0 Å². The van der Waals surface area contributed by atoms with E-state index >= 15 is 0 Å². The van der Waals surface area contributed by atoms with Crippen molar-refractivity contribution in [2.75, 3.05) is 7.11 Å². The van der Waals surface area contributed by atoms with Gasteiger partial charge in [-0.1, -0.05) is 11.6 Å². The number of hydrogen-bond acceptors (Lipinski definition) is 4. The lowest BCUT2D eigenvalue weighted by Crippen LogP contribution is -2.14. The minimum atomic E-state index is -0.216. The summed E-state index contributed by atoms with van der Waals surface area (Å²) in [5.74, 6) is 0.418. The lowest BCUT2D eigenvalue weighted by molar-refractivity contribution is 0.397. The largest absolute Gasteiger partial charge is 0.481 e. The Labute approximate surface area is 135 Å². The van der Waals surface area contributed by atoms with Crippen LogP contribution in [0.5, 0.6) is 5.88 Å². The Morgan fingerprint density at radius 2 is 2.13 bits per heavy atom. The van der Waals surface area contributed by atoms with Crippen LogP contribution in [0.2, 0.25) is 5.02 Å². The third-order valence-electron chi connectivity index (χ3n) is 3.66. The van der Waals surface area contributed by atoms with Gasteiger partial charge in [0.25, 0.3) is 5.56 Å². The molecule has 7 heteroatoms. The SMILES string of the molecule is COc1cc(-n2nc3c4cc(Cl)ccc4[nH]cc-3c2=O)ccn1. The zero-order chi connectivity index (χ0) is 16.0. The minimum Gasteiger partial charge on any atom is -0.481 e. The third kappa shape index (κ3) is 2.15. The number of fused-ring (bicyclic) bond motifs is 3. The Balaban J connectivity index is 2.03. The van der Waals surface area contributed by atoms with E-state index in [-0.39, 0.29) is 5.56 Å². The molecule has 0 saturated carbocycles. The van der Waals surface area contributed by atoms with Gasteiger partial charge in [0.2, 0.25) is 5.88 Å². The fraction of sp³-hybridized carbons (Fsp3) is 0.0625. The van der Waals surface area contributed by atoms with E-state index in [4.69, 9.17) is 16.3 Å². The zero-order valence-electron chi connectivity index (χ0n) is 12.1. The zero-order valence-corrected chi connectivity index (χ0v) is 12.8. The van der Waals surface area contributed by atoms with E-state index in [1.165, 1.54) is 11.8 Å². The Bertz CT molecular complexity index is 1050. The molecular weight excluding hydrogens is 316 g/mol. The molecular formula is C16H11ClN4O2. The fourth-order valence-corrected chi connectivity index (χ4v) is 2.72. The van der Waals surface area contributed by atoms with Crippen LogP contribution in [-0.2, 0) is 0 Å². The van der Waals surface area contributed by atoms with Gasteiger partial charge in [-0.2, -0.15) is 9.78 Å². The van der Waals surface area contributed by atoms with Crippen molar-refractivity contribution in [1.82, 2.24) is 19.7 Å². The molecule has 1 N–H and O–H groups in total. The van der Waals surface area contributed by atoms with Crippen LogP contribution in [-0.4, -0.2) is 26.9 Å². The highest BCUT2D eigenvalue weighted by Gasteiger charge is 2.19. The first-order valence-corrected chi connectivity index (χ1v) is 7.25. The lowest BCUT2D eigenvalue weighted by Gasteiger charge is -2.03. The highest BCUT2D eigenvalue weighted by atomic mass is 35.5. The van der Waals surface area contributed by atoms with Gasteiger partial charge in [0, 0.05) is 34.4 Å². The van der Waals surface area contributed by atoms with E-state index in [2.05, 4.69) is 15.1 Å². The quantitative estimate of drug-likeness (QED) is 0.614. The van der Waals surface area contributed by atoms with E-state index in [1.807, 2.05) is 6.07 Å². The van der Waals surface area contributed by atoms with Crippen molar-refractivity contribution >= 4 is 22.5 Å². The molecule has 0 unspecified atom stereocenters. The summed E-state index contributed by atoms with van der Waals surface area (Å²) in [5, 5.41) is 5.86. The summed E-state index contributed by atoms with van der Waals surface area (Å²) in [6.07, 6.45) is 3.23. The molecule has 2 aliphatic rings. The number of pyridine rings is 2. The number of methoxy groups -OCH3 is 1. The number of nitrogens with zero attached hydrogens (tertiary/aromatic N) is 3. The van der Waals surface area contributed by atoms with Crippen molar-refractivity contribution in [2.45, 2.75) is 0 Å². The molecule has 0 saturated heterocycles. The Morgan fingerprint density at radius 3 is 2.96 bits per heavy atom. The number of hydrogen-bond donors (Lipinski definition) is 1. The molecule has 0 atom stereocenters. The van der Waals surface area contributed by atoms with Crippen LogP contribution in [0.4, 0.5) is 0 Å². The third-order valence-corrected chi connectivity index (χ3v) is 3.89. The van der Waals surface area contributed by atoms with Gasteiger partial charge in [-0.05, 0) is 24.3 Å². The summed E-state index contributed by atoms with van der Waals surface area (Å²) in [5.41, 5.74) is 2.33. The maximum absolute atomic E-state index is 12.6. The fourth-order valence-electron chi connectivity index (χ4n) is 2.55. The first-order valence-electron chi connectivity index (χ1n) is 6.87. The number of rotatable bonds is 2. The second-order valence-corrected chi connectivity index (χ2v) is 5.45. The average molecular weight is 327 g/mol. The van der Waals surface area contributed by atoms with Crippen LogP contribution in [0.1, 0.15) is 0 Å². The number of H-pyrrole nitrogens is 1. The molecule has 114 valence electrons. The maximum Gasteiger partial charge on any atom is 0.282 e. The van der Waals surface area contributed by atoms with Gasteiger partial charge in [-0.3, -0.25) is 4.79 Å². The predicted molar refractivity (Wildman–Crippen MR) is 87.7 cm³/mol. The van der Waals surface area contributed by atoms with Crippen molar-refractivity contribution in [3.8, 4) is 22.8 Å². The summed E-state index contributed by atoms with van der Waals surface area (Å²) in [7, 11) is 1.52.